The molecule has 2 N–H and O–H groups in total. The number of piperazine rings is 1. The Morgan fingerprint density at radius 3 is 2.90 bits per heavy atom. The van der Waals surface area contributed by atoms with E-state index in [-0.39, 0.29) is 11.5 Å². The van der Waals surface area contributed by atoms with Crippen molar-refractivity contribution in [1.29, 1.82) is 0 Å². The van der Waals surface area contributed by atoms with Gasteiger partial charge in [0.25, 0.3) is 0 Å². The molecule has 0 spiro atoms. The molecule has 2 aliphatic rings. The van der Waals surface area contributed by atoms with Gasteiger partial charge in [-0.15, -0.1) is 0 Å². The summed E-state index contributed by atoms with van der Waals surface area (Å²) >= 11 is 0. The van der Waals surface area contributed by atoms with E-state index in [1.54, 1.807) is 0 Å². The SMILES string of the molecule is CN1CCN(C)C(Cc2noc(C3(C)CCCC3N)n2)C1. The summed E-state index contributed by atoms with van der Waals surface area (Å²) in [6.07, 6.45) is 4.08. The highest BCUT2D eigenvalue weighted by molar-refractivity contribution is 5.12. The average Bonchev–Trinajstić information content (AvgIpc) is 3.03. The first kappa shape index (κ1) is 14.9. The minimum Gasteiger partial charge on any atom is -0.339 e. The van der Waals surface area contributed by atoms with E-state index in [0.717, 1.165) is 57.0 Å². The van der Waals surface area contributed by atoms with Crippen LogP contribution in [0.5, 0.6) is 0 Å². The minimum absolute atomic E-state index is 0.134. The Morgan fingerprint density at radius 2 is 2.19 bits per heavy atom. The van der Waals surface area contributed by atoms with Gasteiger partial charge in [0, 0.05) is 38.1 Å². The van der Waals surface area contributed by atoms with Gasteiger partial charge in [-0.1, -0.05) is 11.6 Å². The van der Waals surface area contributed by atoms with Gasteiger partial charge in [-0.2, -0.15) is 4.98 Å². The van der Waals surface area contributed by atoms with Gasteiger partial charge in [0.2, 0.25) is 5.89 Å². The molecule has 2 fully saturated rings. The van der Waals surface area contributed by atoms with Gasteiger partial charge < -0.3 is 20.1 Å². The number of nitrogens with two attached hydrogens (primary N) is 1. The first-order valence-electron chi connectivity index (χ1n) is 7.96. The fourth-order valence-corrected chi connectivity index (χ4v) is 3.56. The monoisotopic (exact) mass is 293 g/mol. The zero-order chi connectivity index (χ0) is 15.0. The maximum Gasteiger partial charge on any atom is 0.234 e. The summed E-state index contributed by atoms with van der Waals surface area (Å²) in [5, 5.41) is 4.21. The van der Waals surface area contributed by atoms with Crippen molar-refractivity contribution in [3.8, 4) is 0 Å². The number of hydrogen-bond acceptors (Lipinski definition) is 6. The molecule has 3 unspecified atom stereocenters. The van der Waals surface area contributed by atoms with Crippen LogP contribution in [0.25, 0.3) is 0 Å². The molecular weight excluding hydrogens is 266 g/mol. The quantitative estimate of drug-likeness (QED) is 0.881. The van der Waals surface area contributed by atoms with Gasteiger partial charge in [-0.25, -0.2) is 0 Å². The molecule has 1 aromatic rings. The third-order valence-corrected chi connectivity index (χ3v) is 5.38. The molecule has 1 saturated carbocycles. The second-order valence-corrected chi connectivity index (χ2v) is 7.03. The number of nitrogens with zero attached hydrogens (tertiary/aromatic N) is 4. The summed E-state index contributed by atoms with van der Waals surface area (Å²) in [5.74, 6) is 1.55. The largest absolute Gasteiger partial charge is 0.339 e. The summed E-state index contributed by atoms with van der Waals surface area (Å²) in [5.41, 5.74) is 6.10. The van der Waals surface area contributed by atoms with Crippen molar-refractivity contribution >= 4 is 0 Å². The molecule has 21 heavy (non-hydrogen) atoms. The third kappa shape index (κ3) is 2.84. The maximum atomic E-state index is 6.24. The van der Waals surface area contributed by atoms with Crippen LogP contribution in [-0.4, -0.2) is 65.8 Å². The molecule has 1 aliphatic carbocycles. The number of likely N-dealkylation sites (N-methyl/N-ethyl adjacent to an activating group) is 2. The molecule has 1 saturated heterocycles. The molecule has 0 aromatic carbocycles. The van der Waals surface area contributed by atoms with E-state index in [2.05, 4.69) is 41.0 Å². The lowest BCUT2D eigenvalue weighted by Gasteiger charge is -2.37. The van der Waals surface area contributed by atoms with E-state index in [9.17, 15) is 0 Å². The molecule has 118 valence electrons. The van der Waals surface area contributed by atoms with Gasteiger partial charge in [0.1, 0.15) is 0 Å². The lowest BCUT2D eigenvalue weighted by Crippen LogP contribution is -2.50. The van der Waals surface area contributed by atoms with E-state index in [1.165, 1.54) is 0 Å². The number of aromatic nitrogens is 2. The van der Waals surface area contributed by atoms with Crippen LogP contribution in [0, 0.1) is 0 Å². The van der Waals surface area contributed by atoms with Gasteiger partial charge in [0.05, 0.1) is 5.41 Å². The van der Waals surface area contributed by atoms with Crippen molar-refractivity contribution in [2.24, 2.45) is 5.73 Å². The Hall–Kier alpha value is -0.980. The summed E-state index contributed by atoms with van der Waals surface area (Å²) in [6, 6.07) is 0.591. The standard InChI is InChI=1S/C15H27N5O/c1-15(6-4-5-12(15)16)14-17-13(18-21-14)9-11-10-19(2)7-8-20(11)3/h11-12H,4-10,16H2,1-3H3. The van der Waals surface area contributed by atoms with Gasteiger partial charge in [-0.3, -0.25) is 0 Å². The van der Waals surface area contributed by atoms with Gasteiger partial charge in [-0.05, 0) is 33.9 Å². The highest BCUT2D eigenvalue weighted by Crippen LogP contribution is 2.38. The molecule has 1 aromatic heterocycles. The van der Waals surface area contributed by atoms with Crippen molar-refractivity contribution in [3.63, 3.8) is 0 Å². The average molecular weight is 293 g/mol. The van der Waals surface area contributed by atoms with E-state index < -0.39 is 0 Å². The molecule has 0 amide bonds. The second-order valence-electron chi connectivity index (χ2n) is 7.03. The molecule has 1 aliphatic heterocycles. The van der Waals surface area contributed by atoms with Crippen molar-refractivity contribution in [1.82, 2.24) is 19.9 Å². The highest BCUT2D eigenvalue weighted by atomic mass is 16.5. The normalized spacial score (nSPS) is 35.4. The molecule has 6 nitrogen and oxygen atoms in total. The smallest absolute Gasteiger partial charge is 0.234 e. The summed E-state index contributed by atoms with van der Waals surface area (Å²) < 4.78 is 5.55. The topological polar surface area (TPSA) is 71.4 Å². The van der Waals surface area contributed by atoms with E-state index >= 15 is 0 Å². The molecule has 2 heterocycles. The first-order valence-corrected chi connectivity index (χ1v) is 7.96. The fourth-order valence-electron chi connectivity index (χ4n) is 3.56. The Kier molecular flexibility index (Phi) is 4.03. The minimum atomic E-state index is -0.138. The lowest BCUT2D eigenvalue weighted by atomic mass is 9.85. The Morgan fingerprint density at radius 1 is 1.38 bits per heavy atom. The maximum absolute atomic E-state index is 6.24. The number of rotatable bonds is 3. The van der Waals surface area contributed by atoms with Crippen LogP contribution in [0.1, 0.15) is 37.9 Å². The molecule has 0 radical (unpaired) electrons. The van der Waals surface area contributed by atoms with Crippen LogP contribution < -0.4 is 5.73 Å². The van der Waals surface area contributed by atoms with Crippen LogP contribution in [0.3, 0.4) is 0 Å². The second kappa shape index (κ2) is 5.66. The van der Waals surface area contributed by atoms with Crippen LogP contribution in [0.2, 0.25) is 0 Å². The van der Waals surface area contributed by atoms with Crippen LogP contribution in [-0.2, 0) is 11.8 Å². The van der Waals surface area contributed by atoms with Gasteiger partial charge >= 0.3 is 0 Å². The lowest BCUT2D eigenvalue weighted by molar-refractivity contribution is 0.113. The van der Waals surface area contributed by atoms with Gasteiger partial charge in [0.15, 0.2) is 5.82 Å². The molecular formula is C15H27N5O. The summed E-state index contributed by atoms with van der Waals surface area (Å²) in [4.78, 5) is 9.41. The van der Waals surface area contributed by atoms with Crippen molar-refractivity contribution in [2.45, 2.75) is 50.1 Å². The predicted octanol–water partition coefficient (Wildman–Crippen LogP) is 0.627. The summed E-state index contributed by atoms with van der Waals surface area (Å²) in [6.45, 7) is 5.42. The fraction of sp³-hybridized carbons (Fsp3) is 0.867. The predicted molar refractivity (Wildman–Crippen MR) is 81.1 cm³/mol. The Bertz CT molecular complexity index is 490. The van der Waals surface area contributed by atoms with Crippen molar-refractivity contribution < 1.29 is 4.52 Å². The van der Waals surface area contributed by atoms with E-state index in [4.69, 9.17) is 10.3 Å². The van der Waals surface area contributed by atoms with Crippen molar-refractivity contribution in [2.75, 3.05) is 33.7 Å². The zero-order valence-electron chi connectivity index (χ0n) is 13.4. The highest BCUT2D eigenvalue weighted by Gasteiger charge is 2.42. The van der Waals surface area contributed by atoms with E-state index in [0.29, 0.717) is 6.04 Å². The molecule has 0 bridgehead atoms. The zero-order valence-corrected chi connectivity index (χ0v) is 13.4. The van der Waals surface area contributed by atoms with Crippen LogP contribution in [0.4, 0.5) is 0 Å². The molecule has 3 atom stereocenters. The third-order valence-electron chi connectivity index (χ3n) is 5.38. The Labute approximate surface area is 126 Å². The first-order chi connectivity index (χ1) is 9.99. The van der Waals surface area contributed by atoms with E-state index in [1.807, 2.05) is 0 Å². The summed E-state index contributed by atoms with van der Waals surface area (Å²) in [7, 11) is 4.34. The molecule has 6 heteroatoms. The Balaban J connectivity index is 1.70. The van der Waals surface area contributed by atoms with Crippen molar-refractivity contribution in [3.05, 3.63) is 11.7 Å². The van der Waals surface area contributed by atoms with Crippen LogP contribution in [0.15, 0.2) is 4.52 Å². The van der Waals surface area contributed by atoms with Crippen LogP contribution >= 0.6 is 0 Å². The molecule has 3 rings (SSSR count). The number of hydrogen-bond donors (Lipinski definition) is 1.